The molecule has 0 aromatic heterocycles. The minimum absolute atomic E-state index is 0.0447. The summed E-state index contributed by atoms with van der Waals surface area (Å²) in [7, 11) is -2.14. The number of amides is 2. The van der Waals surface area contributed by atoms with Gasteiger partial charge in [-0.25, -0.2) is 12.8 Å². The van der Waals surface area contributed by atoms with E-state index in [1.165, 1.54) is 22.3 Å². The van der Waals surface area contributed by atoms with Crippen LogP contribution in [0.5, 0.6) is 0 Å². The summed E-state index contributed by atoms with van der Waals surface area (Å²) < 4.78 is 40.7. The summed E-state index contributed by atoms with van der Waals surface area (Å²) in [5.74, 6) is -1.24. The predicted molar refractivity (Wildman–Crippen MR) is 148 cm³/mol. The zero-order chi connectivity index (χ0) is 27.7. The Balaban J connectivity index is 1.84. The molecule has 0 bridgehead atoms. The lowest BCUT2D eigenvalue weighted by Gasteiger charge is -2.31. The number of carbonyl (C=O) groups is 2. The van der Waals surface area contributed by atoms with Crippen molar-refractivity contribution in [2.24, 2.45) is 0 Å². The Morgan fingerprint density at radius 1 is 0.974 bits per heavy atom. The number of anilines is 1. The molecule has 0 radical (unpaired) electrons. The van der Waals surface area contributed by atoms with E-state index in [-0.39, 0.29) is 49.7 Å². The van der Waals surface area contributed by atoms with Crippen molar-refractivity contribution in [3.05, 3.63) is 101 Å². The molecule has 10 heteroatoms. The SMILES string of the molecule is CNC(=O)[C@@H](Cc1ccccc1)N(Cc1ccccc1F)C(=O)CCCN(c1ccc(Cl)cc1)S(C)(=O)=O. The number of nitrogens with zero attached hydrogens (tertiary/aromatic N) is 2. The number of hydrogen-bond acceptors (Lipinski definition) is 4. The highest BCUT2D eigenvalue weighted by atomic mass is 35.5. The summed E-state index contributed by atoms with van der Waals surface area (Å²) in [4.78, 5) is 27.9. The van der Waals surface area contributed by atoms with Gasteiger partial charge in [0.05, 0.1) is 11.9 Å². The van der Waals surface area contributed by atoms with E-state index in [9.17, 15) is 22.4 Å². The van der Waals surface area contributed by atoms with Crippen LogP contribution in [0.25, 0.3) is 0 Å². The molecule has 7 nitrogen and oxygen atoms in total. The largest absolute Gasteiger partial charge is 0.357 e. The predicted octanol–water partition coefficient (Wildman–Crippen LogP) is 4.41. The summed E-state index contributed by atoms with van der Waals surface area (Å²) in [5.41, 5.74) is 1.56. The van der Waals surface area contributed by atoms with Crippen LogP contribution < -0.4 is 9.62 Å². The Morgan fingerprint density at radius 2 is 1.61 bits per heavy atom. The Bertz CT molecular complexity index is 1340. The lowest BCUT2D eigenvalue weighted by molar-refractivity contribution is -0.141. The number of nitrogens with one attached hydrogen (secondary N) is 1. The Morgan fingerprint density at radius 3 is 2.21 bits per heavy atom. The summed E-state index contributed by atoms with van der Waals surface area (Å²) in [6.07, 6.45) is 1.47. The molecule has 1 N–H and O–H groups in total. The van der Waals surface area contributed by atoms with Crippen molar-refractivity contribution in [2.45, 2.75) is 31.8 Å². The zero-order valence-electron chi connectivity index (χ0n) is 21.3. The fourth-order valence-electron chi connectivity index (χ4n) is 4.14. The van der Waals surface area contributed by atoms with E-state index >= 15 is 0 Å². The van der Waals surface area contributed by atoms with Crippen LogP contribution in [0, 0.1) is 5.82 Å². The van der Waals surface area contributed by atoms with Gasteiger partial charge in [0.2, 0.25) is 21.8 Å². The fraction of sp³-hybridized carbons (Fsp3) is 0.286. The Hall–Kier alpha value is -3.43. The van der Waals surface area contributed by atoms with E-state index in [0.29, 0.717) is 10.7 Å². The molecule has 0 fully saturated rings. The van der Waals surface area contributed by atoms with Crippen LogP contribution in [0.1, 0.15) is 24.0 Å². The Labute approximate surface area is 228 Å². The van der Waals surface area contributed by atoms with Crippen molar-refractivity contribution in [3.8, 4) is 0 Å². The first-order chi connectivity index (χ1) is 18.1. The molecule has 0 saturated carbocycles. The highest BCUT2D eigenvalue weighted by Crippen LogP contribution is 2.22. The molecular formula is C28H31ClFN3O4S. The van der Waals surface area contributed by atoms with E-state index < -0.39 is 21.9 Å². The number of sulfonamides is 1. The number of halogens is 2. The number of benzene rings is 3. The van der Waals surface area contributed by atoms with Gasteiger partial charge in [0.1, 0.15) is 11.9 Å². The molecule has 3 rings (SSSR count). The number of hydrogen-bond donors (Lipinski definition) is 1. The second-order valence-corrected chi connectivity index (χ2v) is 11.2. The molecule has 38 heavy (non-hydrogen) atoms. The maximum absolute atomic E-state index is 14.6. The van der Waals surface area contributed by atoms with E-state index in [1.54, 1.807) is 42.5 Å². The minimum Gasteiger partial charge on any atom is -0.357 e. The minimum atomic E-state index is -3.63. The monoisotopic (exact) mass is 559 g/mol. The summed E-state index contributed by atoms with van der Waals surface area (Å²) in [6, 6.07) is 20.8. The average Bonchev–Trinajstić information content (AvgIpc) is 2.89. The summed E-state index contributed by atoms with van der Waals surface area (Å²) >= 11 is 5.94. The van der Waals surface area contributed by atoms with E-state index in [2.05, 4.69) is 5.32 Å². The molecule has 2 amide bonds. The lowest BCUT2D eigenvalue weighted by Crippen LogP contribution is -2.50. The molecule has 1 atom stereocenters. The third kappa shape index (κ3) is 8.03. The second-order valence-electron chi connectivity index (χ2n) is 8.85. The first kappa shape index (κ1) is 29.1. The third-order valence-electron chi connectivity index (χ3n) is 6.08. The van der Waals surface area contributed by atoms with Gasteiger partial charge in [-0.15, -0.1) is 0 Å². The van der Waals surface area contributed by atoms with Crippen LogP contribution in [0.4, 0.5) is 10.1 Å². The van der Waals surface area contributed by atoms with Gasteiger partial charge in [-0.05, 0) is 42.3 Å². The van der Waals surface area contributed by atoms with Gasteiger partial charge in [0.15, 0.2) is 0 Å². The van der Waals surface area contributed by atoms with Gasteiger partial charge in [-0.2, -0.15) is 0 Å². The van der Waals surface area contributed by atoms with Crippen LogP contribution in [-0.2, 0) is 32.6 Å². The maximum atomic E-state index is 14.6. The number of likely N-dealkylation sites (N-methyl/N-ethyl adjacent to an activating group) is 1. The molecule has 0 heterocycles. The fourth-order valence-corrected chi connectivity index (χ4v) is 5.23. The van der Waals surface area contributed by atoms with Crippen molar-refractivity contribution in [1.29, 1.82) is 0 Å². The standard InChI is InChI=1S/C28H31ClFN3O4S/c1-31-28(35)26(19-21-9-4-3-5-10-21)32(20-22-11-6-7-12-25(22)30)27(34)13-8-18-33(38(2,36)37)24-16-14-23(29)15-17-24/h3-7,9-12,14-17,26H,8,13,18-20H2,1-2H3,(H,31,35)/t26-/m1/s1. The van der Waals surface area contributed by atoms with E-state index in [4.69, 9.17) is 11.6 Å². The molecule has 0 saturated heterocycles. The maximum Gasteiger partial charge on any atom is 0.242 e. The van der Waals surface area contributed by atoms with Gasteiger partial charge >= 0.3 is 0 Å². The molecule has 202 valence electrons. The number of rotatable bonds is 12. The van der Waals surface area contributed by atoms with E-state index in [0.717, 1.165) is 11.8 Å². The lowest BCUT2D eigenvalue weighted by atomic mass is 10.0. The molecule has 0 unspecified atom stereocenters. The van der Waals surface area contributed by atoms with Crippen molar-refractivity contribution >= 4 is 39.1 Å². The van der Waals surface area contributed by atoms with Gasteiger partial charge in [-0.1, -0.05) is 60.1 Å². The quantitative estimate of drug-likeness (QED) is 0.356. The van der Waals surface area contributed by atoms with Gasteiger partial charge in [0.25, 0.3) is 0 Å². The van der Waals surface area contributed by atoms with Gasteiger partial charge in [0, 0.05) is 43.6 Å². The molecule has 0 aliphatic rings. The van der Waals surface area contributed by atoms with Crippen LogP contribution in [0.3, 0.4) is 0 Å². The highest BCUT2D eigenvalue weighted by molar-refractivity contribution is 7.92. The molecule has 0 aliphatic heterocycles. The van der Waals surface area contributed by atoms with Crippen molar-refractivity contribution < 1.29 is 22.4 Å². The smallest absolute Gasteiger partial charge is 0.242 e. The first-order valence-electron chi connectivity index (χ1n) is 12.1. The van der Waals surface area contributed by atoms with Crippen LogP contribution >= 0.6 is 11.6 Å². The molecule has 3 aromatic rings. The molecule has 0 spiro atoms. The molecule has 0 aliphatic carbocycles. The zero-order valence-corrected chi connectivity index (χ0v) is 22.9. The number of carbonyl (C=O) groups excluding carboxylic acids is 2. The normalized spacial score (nSPS) is 12.0. The summed E-state index contributed by atoms with van der Waals surface area (Å²) in [5, 5.41) is 3.09. The highest BCUT2D eigenvalue weighted by Gasteiger charge is 2.30. The van der Waals surface area contributed by atoms with Crippen LogP contribution in [-0.4, -0.2) is 51.0 Å². The first-order valence-corrected chi connectivity index (χ1v) is 14.3. The third-order valence-corrected chi connectivity index (χ3v) is 7.53. The van der Waals surface area contributed by atoms with E-state index in [1.807, 2.05) is 30.3 Å². The van der Waals surface area contributed by atoms with Crippen molar-refractivity contribution in [3.63, 3.8) is 0 Å². The topological polar surface area (TPSA) is 86.8 Å². The van der Waals surface area contributed by atoms with Crippen molar-refractivity contribution in [1.82, 2.24) is 10.2 Å². The van der Waals surface area contributed by atoms with Gasteiger partial charge < -0.3 is 10.2 Å². The summed E-state index contributed by atoms with van der Waals surface area (Å²) in [6.45, 7) is -0.0630. The van der Waals surface area contributed by atoms with Crippen molar-refractivity contribution in [2.75, 3.05) is 24.2 Å². The average molecular weight is 560 g/mol. The molecule has 3 aromatic carbocycles. The molecular weight excluding hydrogens is 529 g/mol. The second kappa shape index (κ2) is 13.4. The van der Waals surface area contributed by atoms with Gasteiger partial charge in [-0.3, -0.25) is 13.9 Å². The van der Waals surface area contributed by atoms with Crippen LogP contribution in [0.15, 0.2) is 78.9 Å². The van der Waals surface area contributed by atoms with Crippen LogP contribution in [0.2, 0.25) is 5.02 Å². The Kier molecular flexibility index (Phi) is 10.3.